The number of alkyl halides is 4. The highest BCUT2D eigenvalue weighted by Crippen LogP contribution is 2.23. The predicted octanol–water partition coefficient (Wildman–Crippen LogP) is 4.09. The van der Waals surface area contributed by atoms with Crippen LogP contribution in [0.5, 0.6) is 0 Å². The normalized spacial score (nSPS) is 17.9. The standard InChI is InChI=1S/C26H30ClF3N6O4/c1-18(40-26(28,29)30)15-19(3-2-8-27)17-39-25(38)36-13-11-34(12-14-36)21-6-9-35(10-7-21)24(37)20-4-5-22-23(16-20)32-33-31-22/h2-5,15-16,21H,1,6-14,17H2,(H,31,32,33)/b3-2-,19-15+. The van der Waals surface area contributed by atoms with Crippen LogP contribution in [0.1, 0.15) is 23.2 Å². The van der Waals surface area contributed by atoms with Crippen molar-refractivity contribution in [1.29, 1.82) is 0 Å². The van der Waals surface area contributed by atoms with Crippen molar-refractivity contribution in [2.75, 3.05) is 51.8 Å². The maximum atomic E-state index is 13.0. The van der Waals surface area contributed by atoms with Gasteiger partial charge in [0, 0.05) is 56.8 Å². The molecule has 2 aliphatic rings. The number of allylic oxidation sites excluding steroid dienone is 2. The molecule has 1 N–H and O–H groups in total. The number of ether oxygens (including phenoxy) is 2. The molecule has 40 heavy (non-hydrogen) atoms. The van der Waals surface area contributed by atoms with E-state index in [9.17, 15) is 22.8 Å². The minimum Gasteiger partial charge on any atom is -0.445 e. The molecule has 2 fully saturated rings. The SMILES string of the molecule is C=C(/C=C(\C=C/CCl)COC(=O)N1CCN(C2CCN(C(=O)c3ccc4[nH]nnc4c3)CC2)CC1)OC(F)(F)F. The zero-order valence-corrected chi connectivity index (χ0v) is 22.5. The molecule has 4 rings (SSSR count). The van der Waals surface area contributed by atoms with Crippen molar-refractivity contribution in [1.82, 2.24) is 30.1 Å². The highest BCUT2D eigenvalue weighted by Gasteiger charge is 2.32. The van der Waals surface area contributed by atoms with Gasteiger partial charge in [0.05, 0.1) is 5.52 Å². The Labute approximate surface area is 234 Å². The Morgan fingerprint density at radius 1 is 1.12 bits per heavy atom. The van der Waals surface area contributed by atoms with Crippen molar-refractivity contribution in [3.63, 3.8) is 0 Å². The van der Waals surface area contributed by atoms with Gasteiger partial charge >= 0.3 is 12.5 Å². The number of likely N-dealkylation sites (tertiary alicyclic amines) is 1. The smallest absolute Gasteiger partial charge is 0.445 e. The topological polar surface area (TPSA) is 104 Å². The second-order valence-electron chi connectivity index (χ2n) is 9.43. The molecule has 2 aromatic rings. The number of halogens is 4. The van der Waals surface area contributed by atoms with Crippen LogP contribution >= 0.6 is 11.6 Å². The van der Waals surface area contributed by atoms with Gasteiger partial charge in [0.15, 0.2) is 0 Å². The highest BCUT2D eigenvalue weighted by molar-refractivity contribution is 6.18. The number of aromatic amines is 1. The summed E-state index contributed by atoms with van der Waals surface area (Å²) in [5.41, 5.74) is 2.27. The second kappa shape index (κ2) is 13.2. The number of nitrogens with one attached hydrogen (secondary N) is 1. The van der Waals surface area contributed by atoms with Crippen molar-refractivity contribution in [2.24, 2.45) is 0 Å². The number of hydrogen-bond acceptors (Lipinski definition) is 7. The zero-order valence-electron chi connectivity index (χ0n) is 21.7. The molecule has 0 spiro atoms. The summed E-state index contributed by atoms with van der Waals surface area (Å²) in [6, 6.07) is 5.61. The van der Waals surface area contributed by atoms with Crippen LogP contribution < -0.4 is 0 Å². The molecule has 1 aromatic heterocycles. The third-order valence-electron chi connectivity index (χ3n) is 6.79. The van der Waals surface area contributed by atoms with Crippen LogP contribution in [0.4, 0.5) is 18.0 Å². The van der Waals surface area contributed by atoms with Crippen LogP contribution in [0.25, 0.3) is 11.0 Å². The number of carbonyl (C=O) groups excluding carboxylic acids is 2. The molecular formula is C26H30ClF3N6O4. The van der Waals surface area contributed by atoms with Crippen LogP contribution in [0.15, 0.2) is 54.3 Å². The Hall–Kier alpha value is -3.58. The van der Waals surface area contributed by atoms with Crippen LogP contribution in [0.2, 0.25) is 0 Å². The maximum absolute atomic E-state index is 13.0. The molecule has 10 nitrogen and oxygen atoms in total. The van der Waals surface area contributed by atoms with E-state index in [0.717, 1.165) is 24.4 Å². The Morgan fingerprint density at radius 2 is 1.85 bits per heavy atom. The van der Waals surface area contributed by atoms with Gasteiger partial charge < -0.3 is 19.3 Å². The lowest BCUT2D eigenvalue weighted by atomic mass is 10.0. The van der Waals surface area contributed by atoms with Gasteiger partial charge in [-0.1, -0.05) is 23.9 Å². The second-order valence-corrected chi connectivity index (χ2v) is 9.74. The number of fused-ring (bicyclic) bond motifs is 1. The summed E-state index contributed by atoms with van der Waals surface area (Å²) in [5.74, 6) is -0.528. The van der Waals surface area contributed by atoms with E-state index < -0.39 is 18.2 Å². The largest absolute Gasteiger partial charge is 0.573 e. The number of aromatic nitrogens is 3. The Balaban J connectivity index is 1.22. The molecule has 0 bridgehead atoms. The van der Waals surface area contributed by atoms with E-state index in [1.54, 1.807) is 23.1 Å². The molecule has 2 amide bonds. The van der Waals surface area contributed by atoms with E-state index in [4.69, 9.17) is 16.3 Å². The molecule has 0 unspecified atom stereocenters. The summed E-state index contributed by atoms with van der Waals surface area (Å²) in [5, 5.41) is 10.5. The lowest BCUT2D eigenvalue weighted by Crippen LogP contribution is -2.54. The molecule has 3 heterocycles. The van der Waals surface area contributed by atoms with Crippen molar-refractivity contribution >= 4 is 34.6 Å². The third-order valence-corrected chi connectivity index (χ3v) is 6.97. The number of piperazine rings is 1. The summed E-state index contributed by atoms with van der Waals surface area (Å²) in [6.45, 7) is 6.45. The van der Waals surface area contributed by atoms with Crippen LogP contribution in [-0.4, -0.2) is 106 Å². The van der Waals surface area contributed by atoms with E-state index in [1.165, 1.54) is 12.2 Å². The number of piperidine rings is 1. The molecule has 1 aromatic carbocycles. The van der Waals surface area contributed by atoms with Gasteiger partial charge in [0.2, 0.25) is 0 Å². The number of hydrogen-bond donors (Lipinski definition) is 1. The van der Waals surface area contributed by atoms with E-state index in [-0.39, 0.29) is 24.0 Å². The van der Waals surface area contributed by atoms with Gasteiger partial charge in [-0.05, 0) is 42.7 Å². The average Bonchev–Trinajstić information content (AvgIpc) is 3.41. The van der Waals surface area contributed by atoms with Gasteiger partial charge in [0.1, 0.15) is 17.9 Å². The minimum atomic E-state index is -4.87. The fourth-order valence-electron chi connectivity index (χ4n) is 4.82. The first kappa shape index (κ1) is 29.4. The monoisotopic (exact) mass is 582 g/mol. The number of nitrogens with zero attached hydrogens (tertiary/aromatic N) is 5. The van der Waals surface area contributed by atoms with Crippen LogP contribution in [0.3, 0.4) is 0 Å². The van der Waals surface area contributed by atoms with Crippen LogP contribution in [0, 0.1) is 0 Å². The lowest BCUT2D eigenvalue weighted by Gasteiger charge is -2.42. The molecule has 0 aliphatic carbocycles. The number of carbonyl (C=O) groups is 2. The summed E-state index contributed by atoms with van der Waals surface area (Å²) < 4.78 is 46.4. The van der Waals surface area contributed by atoms with E-state index >= 15 is 0 Å². The first-order valence-electron chi connectivity index (χ1n) is 12.8. The molecule has 0 radical (unpaired) electrons. The number of benzene rings is 1. The first-order valence-corrected chi connectivity index (χ1v) is 13.3. The molecular weight excluding hydrogens is 553 g/mol. The zero-order chi connectivity index (χ0) is 28.7. The van der Waals surface area contributed by atoms with Crippen molar-refractivity contribution in [3.8, 4) is 0 Å². The molecule has 0 saturated carbocycles. The molecule has 0 atom stereocenters. The van der Waals surface area contributed by atoms with Gasteiger partial charge in [-0.3, -0.25) is 14.8 Å². The summed E-state index contributed by atoms with van der Waals surface area (Å²) in [7, 11) is 0. The van der Waals surface area contributed by atoms with Crippen molar-refractivity contribution in [2.45, 2.75) is 25.2 Å². The molecule has 2 aliphatic heterocycles. The molecule has 14 heteroatoms. The molecule has 216 valence electrons. The molecule has 2 saturated heterocycles. The average molecular weight is 583 g/mol. The minimum absolute atomic E-state index is 0.0289. The Bertz CT molecular complexity index is 1260. The maximum Gasteiger partial charge on any atom is 0.573 e. The Morgan fingerprint density at radius 3 is 2.52 bits per heavy atom. The summed E-state index contributed by atoms with van der Waals surface area (Å²) in [4.78, 5) is 31.3. The quantitative estimate of drug-likeness (QED) is 0.284. The summed E-state index contributed by atoms with van der Waals surface area (Å²) in [6.07, 6.45) is 0.232. The van der Waals surface area contributed by atoms with E-state index in [1.807, 2.05) is 4.90 Å². The van der Waals surface area contributed by atoms with Gasteiger partial charge in [0.25, 0.3) is 5.91 Å². The Kier molecular flexibility index (Phi) is 9.69. The van der Waals surface area contributed by atoms with Gasteiger partial charge in [-0.15, -0.1) is 29.9 Å². The fraction of sp³-hybridized carbons (Fsp3) is 0.462. The lowest BCUT2D eigenvalue weighted by molar-refractivity contribution is -0.303. The number of amides is 2. The third kappa shape index (κ3) is 7.98. The van der Waals surface area contributed by atoms with Crippen LogP contribution in [-0.2, 0) is 9.47 Å². The number of H-pyrrole nitrogens is 1. The van der Waals surface area contributed by atoms with E-state index in [0.29, 0.717) is 56.4 Å². The first-order chi connectivity index (χ1) is 19.1. The highest BCUT2D eigenvalue weighted by atomic mass is 35.5. The van der Waals surface area contributed by atoms with E-state index in [2.05, 4.69) is 31.6 Å². The predicted molar refractivity (Wildman–Crippen MR) is 142 cm³/mol. The summed E-state index contributed by atoms with van der Waals surface area (Å²) >= 11 is 5.62. The van der Waals surface area contributed by atoms with Gasteiger partial charge in [-0.2, -0.15) is 0 Å². The number of rotatable bonds is 8. The van der Waals surface area contributed by atoms with Crippen molar-refractivity contribution in [3.05, 3.63) is 59.9 Å². The fourth-order valence-corrected chi connectivity index (χ4v) is 4.91. The van der Waals surface area contributed by atoms with Gasteiger partial charge in [-0.25, -0.2) is 4.79 Å². The van der Waals surface area contributed by atoms with Crippen molar-refractivity contribution < 1.29 is 32.2 Å².